The van der Waals surface area contributed by atoms with Crippen LogP contribution in [-0.2, 0) is 6.54 Å². The second kappa shape index (κ2) is 5.04. The van der Waals surface area contributed by atoms with E-state index in [1.165, 1.54) is 23.4 Å². The molecule has 3 rings (SSSR count). The molecule has 0 saturated carbocycles. The summed E-state index contributed by atoms with van der Waals surface area (Å²) in [5, 5.41) is 3.47. The number of carbonyl (C=O) groups is 1. The topological polar surface area (TPSA) is 92.9 Å². The first-order valence-corrected chi connectivity index (χ1v) is 6.09. The van der Waals surface area contributed by atoms with Gasteiger partial charge in [-0.05, 0) is 12.1 Å². The highest BCUT2D eigenvalue weighted by atomic mass is 16.3. The van der Waals surface area contributed by atoms with E-state index in [1.54, 1.807) is 18.3 Å². The van der Waals surface area contributed by atoms with Gasteiger partial charge < -0.3 is 19.3 Å². The van der Waals surface area contributed by atoms with Gasteiger partial charge in [-0.3, -0.25) is 9.59 Å². The summed E-state index contributed by atoms with van der Waals surface area (Å²) in [6, 6.07) is 3.54. The summed E-state index contributed by atoms with van der Waals surface area (Å²) in [5.41, 5.74) is 0.509. The zero-order valence-electron chi connectivity index (χ0n) is 10.5. The van der Waals surface area contributed by atoms with Crippen LogP contribution in [0.15, 0.2) is 46.3 Å². The van der Waals surface area contributed by atoms with E-state index in [0.29, 0.717) is 24.4 Å². The molecular formula is C13H12N4O3. The molecule has 102 valence electrons. The number of amides is 1. The standard InChI is InChI=1S/C13H12N4O3/c18-12(10-7-14-8-16-10)15-3-5-17-4-1-9-2-6-20-11(9)13(17)19/h1-2,4,6-8H,3,5H2,(H,14,16)(H,15,18). The SMILES string of the molecule is O=C(NCCn1ccc2ccoc2c1=O)c1cnc[nH]1. The van der Waals surface area contributed by atoms with Crippen molar-refractivity contribution in [2.45, 2.75) is 6.54 Å². The number of aromatic amines is 1. The number of rotatable bonds is 4. The molecule has 20 heavy (non-hydrogen) atoms. The predicted octanol–water partition coefficient (Wildman–Crippen LogP) is 0.748. The van der Waals surface area contributed by atoms with Crippen LogP contribution in [0.5, 0.6) is 0 Å². The molecule has 3 aromatic heterocycles. The Bertz CT molecular complexity index is 785. The summed E-state index contributed by atoms with van der Waals surface area (Å²) < 4.78 is 6.64. The van der Waals surface area contributed by atoms with Crippen molar-refractivity contribution in [3.63, 3.8) is 0 Å². The summed E-state index contributed by atoms with van der Waals surface area (Å²) in [6.07, 6.45) is 6.04. The lowest BCUT2D eigenvalue weighted by Gasteiger charge is -2.06. The molecule has 0 aliphatic carbocycles. The normalized spacial score (nSPS) is 10.8. The monoisotopic (exact) mass is 272 g/mol. The van der Waals surface area contributed by atoms with Crippen LogP contribution in [-0.4, -0.2) is 27.0 Å². The summed E-state index contributed by atoms with van der Waals surface area (Å²) in [5.74, 6) is -0.255. The molecule has 0 fully saturated rings. The van der Waals surface area contributed by atoms with Crippen molar-refractivity contribution >= 4 is 16.9 Å². The number of carbonyl (C=O) groups excluding carboxylic acids is 1. The molecule has 0 saturated heterocycles. The lowest BCUT2D eigenvalue weighted by molar-refractivity contribution is 0.0947. The van der Waals surface area contributed by atoms with Crippen molar-refractivity contribution in [2.24, 2.45) is 0 Å². The molecule has 7 heteroatoms. The van der Waals surface area contributed by atoms with Crippen molar-refractivity contribution in [3.05, 3.63) is 53.2 Å². The lowest BCUT2D eigenvalue weighted by atomic mass is 10.3. The Labute approximate surface area is 113 Å². The number of hydrogen-bond donors (Lipinski definition) is 2. The van der Waals surface area contributed by atoms with Crippen LogP contribution in [0.1, 0.15) is 10.5 Å². The smallest absolute Gasteiger partial charge is 0.294 e. The number of nitrogens with one attached hydrogen (secondary N) is 2. The quantitative estimate of drug-likeness (QED) is 0.732. The average molecular weight is 272 g/mol. The van der Waals surface area contributed by atoms with Crippen molar-refractivity contribution in [1.29, 1.82) is 0 Å². The first-order chi connectivity index (χ1) is 9.75. The second-order valence-corrected chi connectivity index (χ2v) is 4.24. The maximum atomic E-state index is 12.0. The summed E-state index contributed by atoms with van der Waals surface area (Å²) >= 11 is 0. The number of imidazole rings is 1. The fourth-order valence-electron chi connectivity index (χ4n) is 1.93. The highest BCUT2D eigenvalue weighted by molar-refractivity contribution is 5.91. The van der Waals surface area contributed by atoms with Gasteiger partial charge in [-0.2, -0.15) is 0 Å². The van der Waals surface area contributed by atoms with E-state index >= 15 is 0 Å². The molecule has 0 spiro atoms. The number of aromatic nitrogens is 3. The van der Waals surface area contributed by atoms with Gasteiger partial charge in [-0.15, -0.1) is 0 Å². The van der Waals surface area contributed by atoms with Gasteiger partial charge in [-0.25, -0.2) is 4.98 Å². The zero-order valence-corrected chi connectivity index (χ0v) is 10.5. The van der Waals surface area contributed by atoms with Crippen molar-refractivity contribution < 1.29 is 9.21 Å². The van der Waals surface area contributed by atoms with Crippen LogP contribution in [0, 0.1) is 0 Å². The van der Waals surface area contributed by atoms with Crippen LogP contribution in [0.2, 0.25) is 0 Å². The Morgan fingerprint density at radius 3 is 3.15 bits per heavy atom. The second-order valence-electron chi connectivity index (χ2n) is 4.24. The molecule has 3 aromatic rings. The van der Waals surface area contributed by atoms with Crippen molar-refractivity contribution in [1.82, 2.24) is 19.9 Å². The molecule has 0 aliphatic heterocycles. The maximum Gasteiger partial charge on any atom is 0.294 e. The Morgan fingerprint density at radius 1 is 1.45 bits per heavy atom. The van der Waals surface area contributed by atoms with Crippen LogP contribution in [0.3, 0.4) is 0 Å². The van der Waals surface area contributed by atoms with E-state index in [-0.39, 0.29) is 11.5 Å². The summed E-state index contributed by atoms with van der Waals surface area (Å²) in [6.45, 7) is 0.708. The van der Waals surface area contributed by atoms with Crippen molar-refractivity contribution in [2.75, 3.05) is 6.54 Å². The minimum absolute atomic E-state index is 0.205. The molecule has 0 aliphatic rings. The highest BCUT2D eigenvalue weighted by Gasteiger charge is 2.07. The Hall–Kier alpha value is -2.83. The van der Waals surface area contributed by atoms with E-state index in [0.717, 1.165) is 5.39 Å². The molecule has 7 nitrogen and oxygen atoms in total. The van der Waals surface area contributed by atoms with E-state index in [1.807, 2.05) is 0 Å². The van der Waals surface area contributed by atoms with Crippen LogP contribution in [0.25, 0.3) is 11.0 Å². The fraction of sp³-hybridized carbons (Fsp3) is 0.154. The van der Waals surface area contributed by atoms with Gasteiger partial charge in [0.05, 0.1) is 18.8 Å². The molecule has 0 radical (unpaired) electrons. The number of furan rings is 1. The number of fused-ring (bicyclic) bond motifs is 1. The Balaban J connectivity index is 1.67. The van der Waals surface area contributed by atoms with Gasteiger partial charge in [0.25, 0.3) is 11.5 Å². The molecular weight excluding hydrogens is 260 g/mol. The zero-order chi connectivity index (χ0) is 13.9. The lowest BCUT2D eigenvalue weighted by Crippen LogP contribution is -2.30. The molecule has 1 amide bonds. The third-order valence-corrected chi connectivity index (χ3v) is 2.97. The largest absolute Gasteiger partial charge is 0.459 e. The minimum atomic E-state index is -0.255. The first-order valence-electron chi connectivity index (χ1n) is 6.09. The van der Waals surface area contributed by atoms with E-state index < -0.39 is 0 Å². The average Bonchev–Trinajstić information content (AvgIpc) is 3.11. The third kappa shape index (κ3) is 2.20. The van der Waals surface area contributed by atoms with Crippen molar-refractivity contribution in [3.8, 4) is 0 Å². The van der Waals surface area contributed by atoms with Gasteiger partial charge in [0.1, 0.15) is 5.69 Å². The van der Waals surface area contributed by atoms with Gasteiger partial charge in [0.15, 0.2) is 5.58 Å². The molecule has 0 bridgehead atoms. The summed E-state index contributed by atoms with van der Waals surface area (Å²) in [4.78, 5) is 30.2. The number of pyridine rings is 1. The van der Waals surface area contributed by atoms with E-state index in [4.69, 9.17) is 4.42 Å². The Morgan fingerprint density at radius 2 is 2.35 bits per heavy atom. The van der Waals surface area contributed by atoms with Crippen LogP contribution < -0.4 is 10.9 Å². The van der Waals surface area contributed by atoms with E-state index in [9.17, 15) is 9.59 Å². The van der Waals surface area contributed by atoms with Gasteiger partial charge in [0, 0.05) is 24.7 Å². The fourth-order valence-corrected chi connectivity index (χ4v) is 1.93. The molecule has 0 aromatic carbocycles. The molecule has 3 heterocycles. The van der Waals surface area contributed by atoms with E-state index in [2.05, 4.69) is 15.3 Å². The van der Waals surface area contributed by atoms with Gasteiger partial charge in [0.2, 0.25) is 0 Å². The highest BCUT2D eigenvalue weighted by Crippen LogP contribution is 2.09. The predicted molar refractivity (Wildman–Crippen MR) is 71.4 cm³/mol. The van der Waals surface area contributed by atoms with Crippen LogP contribution in [0.4, 0.5) is 0 Å². The number of nitrogens with zero attached hydrogens (tertiary/aromatic N) is 2. The number of hydrogen-bond acceptors (Lipinski definition) is 4. The third-order valence-electron chi connectivity index (χ3n) is 2.97. The Kier molecular flexibility index (Phi) is 3.08. The van der Waals surface area contributed by atoms with Gasteiger partial charge >= 0.3 is 0 Å². The number of H-pyrrole nitrogens is 1. The minimum Gasteiger partial charge on any atom is -0.459 e. The van der Waals surface area contributed by atoms with Gasteiger partial charge in [-0.1, -0.05) is 0 Å². The van der Waals surface area contributed by atoms with Crippen LogP contribution >= 0.6 is 0 Å². The molecule has 0 atom stereocenters. The maximum absolute atomic E-state index is 12.0. The summed E-state index contributed by atoms with van der Waals surface area (Å²) in [7, 11) is 0. The molecule has 0 unspecified atom stereocenters. The molecule has 2 N–H and O–H groups in total. The first kappa shape index (κ1) is 12.2.